The van der Waals surface area contributed by atoms with Crippen molar-refractivity contribution in [3.63, 3.8) is 0 Å². The molecule has 0 spiro atoms. The van der Waals surface area contributed by atoms with Gasteiger partial charge in [-0.05, 0) is 0 Å². The molecule has 0 radical (unpaired) electrons. The van der Waals surface area contributed by atoms with E-state index < -0.39 is 36.7 Å². The third-order valence-corrected chi connectivity index (χ3v) is 3.16. The number of rotatable bonds is 2. The van der Waals surface area contributed by atoms with E-state index in [-0.39, 0.29) is 11.2 Å². The van der Waals surface area contributed by atoms with Gasteiger partial charge in [0.05, 0.1) is 19.3 Å². The van der Waals surface area contributed by atoms with Crippen molar-refractivity contribution >= 4 is 11.2 Å². The summed E-state index contributed by atoms with van der Waals surface area (Å²) in [6.07, 6.45) is -1.78. The van der Waals surface area contributed by atoms with E-state index >= 15 is 0 Å². The van der Waals surface area contributed by atoms with Crippen molar-refractivity contribution in [2.45, 2.75) is 24.5 Å². The molecule has 0 unspecified atom stereocenters. The molecule has 0 amide bonds. The smallest absolute Gasteiger partial charge is 0.278 e. The molecule has 102 valence electrons. The lowest BCUT2D eigenvalue weighted by molar-refractivity contribution is -0.0511. The molecular weight excluding hydrogens is 256 g/mol. The van der Waals surface area contributed by atoms with Crippen LogP contribution in [0.25, 0.3) is 11.2 Å². The highest BCUT2D eigenvalue weighted by atomic mass is 16.6. The average molecular weight is 268 g/mol. The van der Waals surface area contributed by atoms with Gasteiger partial charge in [0, 0.05) is 0 Å². The SMILES string of the molecule is O=c1[nH]cnc2c1ncn2[C@@H]1O[C@H](CO)[C@@H](O)[C@@H]1O. The molecule has 1 aliphatic rings. The van der Waals surface area contributed by atoms with Crippen LogP contribution in [0.4, 0.5) is 0 Å². The van der Waals surface area contributed by atoms with E-state index in [4.69, 9.17) is 9.84 Å². The molecule has 4 atom stereocenters. The van der Waals surface area contributed by atoms with Crippen molar-refractivity contribution in [3.05, 3.63) is 23.0 Å². The number of hydrogen-bond acceptors (Lipinski definition) is 7. The van der Waals surface area contributed by atoms with Gasteiger partial charge in [-0.2, -0.15) is 0 Å². The average Bonchev–Trinajstić information content (AvgIpc) is 2.94. The number of fused-ring (bicyclic) bond motifs is 1. The van der Waals surface area contributed by atoms with Crippen LogP contribution >= 0.6 is 0 Å². The molecule has 2 aromatic rings. The van der Waals surface area contributed by atoms with Crippen molar-refractivity contribution in [2.24, 2.45) is 0 Å². The topological polar surface area (TPSA) is 133 Å². The first-order chi connectivity index (χ1) is 9.13. The maximum atomic E-state index is 11.5. The Kier molecular flexibility index (Phi) is 2.82. The van der Waals surface area contributed by atoms with Gasteiger partial charge in [0.2, 0.25) is 0 Å². The first-order valence-electron chi connectivity index (χ1n) is 5.66. The Bertz CT molecular complexity index is 653. The molecule has 0 aliphatic carbocycles. The van der Waals surface area contributed by atoms with Crippen molar-refractivity contribution in [3.8, 4) is 0 Å². The van der Waals surface area contributed by atoms with Crippen LogP contribution in [-0.4, -0.2) is 59.8 Å². The maximum absolute atomic E-state index is 11.5. The van der Waals surface area contributed by atoms with E-state index in [2.05, 4.69) is 15.0 Å². The van der Waals surface area contributed by atoms with Crippen molar-refractivity contribution in [1.29, 1.82) is 0 Å². The lowest BCUT2D eigenvalue weighted by Gasteiger charge is -2.16. The van der Waals surface area contributed by atoms with Crippen LogP contribution in [0.2, 0.25) is 0 Å². The highest BCUT2D eigenvalue weighted by Crippen LogP contribution is 2.30. The number of nitrogens with zero attached hydrogens (tertiary/aromatic N) is 3. The summed E-state index contributed by atoms with van der Waals surface area (Å²) in [7, 11) is 0. The molecule has 1 aliphatic heterocycles. The number of aromatic amines is 1. The summed E-state index contributed by atoms with van der Waals surface area (Å²) in [6, 6.07) is 0. The van der Waals surface area contributed by atoms with Crippen molar-refractivity contribution in [2.75, 3.05) is 6.61 Å². The Hall–Kier alpha value is -1.81. The minimum Gasteiger partial charge on any atom is -0.394 e. The number of hydrogen-bond donors (Lipinski definition) is 4. The van der Waals surface area contributed by atoms with Gasteiger partial charge in [-0.3, -0.25) is 9.36 Å². The number of imidazole rings is 1. The monoisotopic (exact) mass is 268 g/mol. The number of aliphatic hydroxyl groups is 3. The van der Waals surface area contributed by atoms with Crippen LogP contribution in [0, 0.1) is 0 Å². The molecule has 19 heavy (non-hydrogen) atoms. The first kappa shape index (κ1) is 12.2. The second kappa shape index (κ2) is 4.38. The number of H-pyrrole nitrogens is 1. The molecule has 9 heteroatoms. The first-order valence-corrected chi connectivity index (χ1v) is 5.66. The molecule has 0 aromatic carbocycles. The van der Waals surface area contributed by atoms with Gasteiger partial charge in [-0.15, -0.1) is 0 Å². The van der Waals surface area contributed by atoms with Gasteiger partial charge in [-0.1, -0.05) is 0 Å². The quantitative estimate of drug-likeness (QED) is 0.482. The summed E-state index contributed by atoms with van der Waals surface area (Å²) in [5.41, 5.74) is -0.0608. The van der Waals surface area contributed by atoms with Gasteiger partial charge in [0.25, 0.3) is 5.56 Å². The Morgan fingerprint density at radius 2 is 2.16 bits per heavy atom. The summed E-state index contributed by atoms with van der Waals surface area (Å²) < 4.78 is 6.70. The molecule has 9 nitrogen and oxygen atoms in total. The van der Waals surface area contributed by atoms with Crippen LogP contribution in [0.1, 0.15) is 6.23 Å². The van der Waals surface area contributed by atoms with E-state index in [1.165, 1.54) is 17.2 Å². The van der Waals surface area contributed by atoms with E-state index in [0.717, 1.165) is 0 Å². The second-order valence-corrected chi connectivity index (χ2v) is 4.28. The minimum atomic E-state index is -1.24. The molecular formula is C10H12N4O5. The van der Waals surface area contributed by atoms with Gasteiger partial charge in [0.15, 0.2) is 17.4 Å². The normalized spacial score (nSPS) is 31.1. The van der Waals surface area contributed by atoms with Crippen LogP contribution in [0.3, 0.4) is 0 Å². The Morgan fingerprint density at radius 1 is 1.37 bits per heavy atom. The highest BCUT2D eigenvalue weighted by molar-refractivity contribution is 5.68. The lowest BCUT2D eigenvalue weighted by Crippen LogP contribution is -2.33. The zero-order valence-electron chi connectivity index (χ0n) is 9.67. The number of nitrogens with one attached hydrogen (secondary N) is 1. The summed E-state index contributed by atoms with van der Waals surface area (Å²) in [4.78, 5) is 21.8. The van der Waals surface area contributed by atoms with Crippen molar-refractivity contribution < 1.29 is 20.1 Å². The fraction of sp³-hybridized carbons (Fsp3) is 0.500. The van der Waals surface area contributed by atoms with E-state index in [1.807, 2.05) is 0 Å². The number of aromatic nitrogens is 4. The summed E-state index contributed by atoms with van der Waals surface area (Å²) in [5.74, 6) is 0. The molecule has 1 saturated heterocycles. The maximum Gasteiger partial charge on any atom is 0.278 e. The van der Waals surface area contributed by atoms with Gasteiger partial charge in [-0.25, -0.2) is 9.97 Å². The Balaban J connectivity index is 2.06. The standard InChI is InChI=1S/C10H12N4O5/c15-1-4-6(16)7(17)10(19-4)14-3-13-5-8(14)11-2-12-9(5)18/h2-4,6-7,10,15-17H,1H2,(H,11,12,18)/t4-,6-,7+,10-/m1/s1. The fourth-order valence-corrected chi connectivity index (χ4v) is 2.16. The van der Waals surface area contributed by atoms with Gasteiger partial charge >= 0.3 is 0 Å². The predicted octanol–water partition coefficient (Wildman–Crippen LogP) is -2.27. The Morgan fingerprint density at radius 3 is 2.84 bits per heavy atom. The fourth-order valence-electron chi connectivity index (χ4n) is 2.16. The van der Waals surface area contributed by atoms with Crippen molar-refractivity contribution in [1.82, 2.24) is 19.5 Å². The van der Waals surface area contributed by atoms with Gasteiger partial charge in [0.1, 0.15) is 18.3 Å². The molecule has 0 saturated carbocycles. The van der Waals surface area contributed by atoms with Crippen LogP contribution < -0.4 is 5.56 Å². The highest BCUT2D eigenvalue weighted by Gasteiger charge is 2.43. The molecule has 0 bridgehead atoms. The largest absolute Gasteiger partial charge is 0.394 e. The Labute approximate surface area is 106 Å². The molecule has 1 fully saturated rings. The van der Waals surface area contributed by atoms with E-state index in [1.54, 1.807) is 0 Å². The lowest BCUT2D eigenvalue weighted by atomic mass is 10.1. The third kappa shape index (κ3) is 1.75. The third-order valence-electron chi connectivity index (χ3n) is 3.16. The molecule has 2 aromatic heterocycles. The minimum absolute atomic E-state index is 0.111. The van der Waals surface area contributed by atoms with E-state index in [0.29, 0.717) is 0 Å². The van der Waals surface area contributed by atoms with E-state index in [9.17, 15) is 15.0 Å². The zero-order valence-corrected chi connectivity index (χ0v) is 9.67. The summed E-state index contributed by atoms with van der Waals surface area (Å²) >= 11 is 0. The van der Waals surface area contributed by atoms with Crippen LogP contribution in [-0.2, 0) is 4.74 Å². The van der Waals surface area contributed by atoms with Gasteiger partial charge < -0.3 is 25.0 Å². The predicted molar refractivity (Wildman–Crippen MR) is 61.2 cm³/mol. The molecule has 4 N–H and O–H groups in total. The summed E-state index contributed by atoms with van der Waals surface area (Å²) in [6.45, 7) is -0.421. The summed E-state index contributed by atoms with van der Waals surface area (Å²) in [5, 5.41) is 28.6. The molecule has 3 rings (SSSR count). The molecule has 3 heterocycles. The second-order valence-electron chi connectivity index (χ2n) is 4.28. The van der Waals surface area contributed by atoms with Crippen LogP contribution in [0.5, 0.6) is 0 Å². The van der Waals surface area contributed by atoms with Crippen LogP contribution in [0.15, 0.2) is 17.4 Å². The number of ether oxygens (including phenoxy) is 1. The zero-order chi connectivity index (χ0) is 13.6. The number of aliphatic hydroxyl groups excluding tert-OH is 3.